The summed E-state index contributed by atoms with van der Waals surface area (Å²) >= 11 is 1.38. The van der Waals surface area contributed by atoms with Crippen LogP contribution in [0.3, 0.4) is 0 Å². The molecule has 2 aromatic heterocycles. The summed E-state index contributed by atoms with van der Waals surface area (Å²) in [5.41, 5.74) is 7.61. The highest BCUT2D eigenvalue weighted by Gasteiger charge is 2.23. The molecule has 8 nitrogen and oxygen atoms in total. The van der Waals surface area contributed by atoms with E-state index in [1.54, 1.807) is 23.4 Å². The first kappa shape index (κ1) is 19.4. The lowest BCUT2D eigenvalue weighted by Gasteiger charge is -2.30. The average molecular weight is 413 g/mol. The smallest absolute Gasteiger partial charge is 0.248 e. The van der Waals surface area contributed by atoms with Crippen molar-refractivity contribution in [2.24, 2.45) is 5.73 Å². The predicted molar refractivity (Wildman–Crippen MR) is 111 cm³/mol. The Bertz CT molecular complexity index is 928. The Kier molecular flexibility index (Phi) is 6.06. The molecule has 2 N–H and O–H groups in total. The standard InChI is InChI=1S/C20H24N6O2S/c1-15(9-17(21)10-18-12-27-14-28-18)26(11-16-5-3-2-4-6-16)20-23-19(24-29-20)25-8-7-22-13-25/h2-8,12-13,15,17H,9-11,14,21H2,1H3. The number of hydrogen-bond acceptors (Lipinski definition) is 8. The summed E-state index contributed by atoms with van der Waals surface area (Å²) in [7, 11) is 0. The van der Waals surface area contributed by atoms with Gasteiger partial charge in [0.1, 0.15) is 18.3 Å². The summed E-state index contributed by atoms with van der Waals surface area (Å²) in [6.45, 7) is 3.18. The molecule has 0 saturated heterocycles. The molecule has 1 aromatic carbocycles. The minimum atomic E-state index is -0.0442. The molecule has 0 amide bonds. The highest BCUT2D eigenvalue weighted by molar-refractivity contribution is 7.09. The van der Waals surface area contributed by atoms with Gasteiger partial charge in [-0.2, -0.15) is 9.36 Å². The van der Waals surface area contributed by atoms with Crippen LogP contribution in [-0.2, 0) is 16.0 Å². The molecule has 2 atom stereocenters. The Hall–Kier alpha value is -2.91. The van der Waals surface area contributed by atoms with E-state index in [1.165, 1.54) is 17.1 Å². The molecule has 1 aliphatic rings. The molecule has 1 aliphatic heterocycles. The van der Waals surface area contributed by atoms with Crippen molar-refractivity contribution < 1.29 is 9.47 Å². The second-order valence-corrected chi connectivity index (χ2v) is 7.75. The van der Waals surface area contributed by atoms with Crippen LogP contribution in [0.2, 0.25) is 0 Å². The van der Waals surface area contributed by atoms with Crippen LogP contribution >= 0.6 is 11.5 Å². The summed E-state index contributed by atoms with van der Waals surface area (Å²) in [6.07, 6.45) is 8.34. The Balaban J connectivity index is 1.51. The highest BCUT2D eigenvalue weighted by Crippen LogP contribution is 2.26. The number of nitrogens with two attached hydrogens (primary N) is 1. The third-order valence-corrected chi connectivity index (χ3v) is 5.49. The summed E-state index contributed by atoms with van der Waals surface area (Å²) in [5.74, 6) is 1.43. The zero-order chi connectivity index (χ0) is 20.1. The third kappa shape index (κ3) is 4.93. The van der Waals surface area contributed by atoms with E-state index in [2.05, 4.69) is 33.3 Å². The molecule has 4 rings (SSSR count). The molecular weight excluding hydrogens is 388 g/mol. The van der Waals surface area contributed by atoms with Gasteiger partial charge < -0.3 is 20.1 Å². The number of benzene rings is 1. The molecule has 0 spiro atoms. The first-order valence-corrected chi connectivity index (χ1v) is 10.3. The van der Waals surface area contributed by atoms with Crippen LogP contribution in [0.25, 0.3) is 5.95 Å². The molecule has 0 aliphatic carbocycles. The molecule has 9 heteroatoms. The monoisotopic (exact) mass is 412 g/mol. The molecule has 0 fully saturated rings. The van der Waals surface area contributed by atoms with Crippen molar-refractivity contribution in [1.29, 1.82) is 0 Å². The van der Waals surface area contributed by atoms with Crippen molar-refractivity contribution in [3.63, 3.8) is 0 Å². The fourth-order valence-electron chi connectivity index (χ4n) is 3.28. The Labute approximate surface area is 173 Å². The van der Waals surface area contributed by atoms with Crippen molar-refractivity contribution in [3.05, 3.63) is 66.6 Å². The minimum Gasteiger partial charge on any atom is -0.462 e. The number of ether oxygens (including phenoxy) is 2. The Morgan fingerprint density at radius 3 is 2.90 bits per heavy atom. The van der Waals surface area contributed by atoms with E-state index in [0.717, 1.165) is 23.9 Å². The van der Waals surface area contributed by atoms with Crippen LogP contribution in [0.5, 0.6) is 0 Å². The summed E-state index contributed by atoms with van der Waals surface area (Å²) < 4.78 is 16.8. The maximum Gasteiger partial charge on any atom is 0.248 e. The van der Waals surface area contributed by atoms with Gasteiger partial charge in [0.2, 0.25) is 17.9 Å². The van der Waals surface area contributed by atoms with Crippen molar-refractivity contribution in [2.75, 3.05) is 11.7 Å². The van der Waals surface area contributed by atoms with Gasteiger partial charge >= 0.3 is 0 Å². The quantitative estimate of drug-likeness (QED) is 0.577. The van der Waals surface area contributed by atoms with E-state index < -0.39 is 0 Å². The van der Waals surface area contributed by atoms with E-state index >= 15 is 0 Å². The maximum absolute atomic E-state index is 6.40. The van der Waals surface area contributed by atoms with Crippen molar-refractivity contribution in [1.82, 2.24) is 18.9 Å². The van der Waals surface area contributed by atoms with Crippen LogP contribution in [-0.4, -0.2) is 37.8 Å². The second kappa shape index (κ2) is 9.06. The predicted octanol–water partition coefficient (Wildman–Crippen LogP) is 3.07. The second-order valence-electron chi connectivity index (χ2n) is 7.02. The summed E-state index contributed by atoms with van der Waals surface area (Å²) in [5, 5.41) is 0.858. The molecular formula is C20H24N6O2S. The van der Waals surface area contributed by atoms with Crippen LogP contribution in [0.15, 0.2) is 61.1 Å². The van der Waals surface area contributed by atoms with Gasteiger partial charge in [-0.1, -0.05) is 30.3 Å². The van der Waals surface area contributed by atoms with Gasteiger partial charge in [-0.25, -0.2) is 4.98 Å². The van der Waals surface area contributed by atoms with Crippen LogP contribution in [0.1, 0.15) is 25.3 Å². The molecule has 2 unspecified atom stereocenters. The largest absolute Gasteiger partial charge is 0.462 e. The van der Waals surface area contributed by atoms with Gasteiger partial charge in [0.15, 0.2) is 0 Å². The van der Waals surface area contributed by atoms with Gasteiger partial charge in [0.05, 0.1) is 0 Å². The first-order chi connectivity index (χ1) is 14.2. The molecule has 3 heterocycles. The normalized spacial score (nSPS) is 15.3. The molecule has 152 valence electrons. The summed E-state index contributed by atoms with van der Waals surface area (Å²) in [6, 6.07) is 10.5. The SMILES string of the molecule is CC(CC(N)CC1=COCO1)N(Cc1ccccc1)c1nc(-n2ccnc2)ns1. The van der Waals surface area contributed by atoms with E-state index in [-0.39, 0.29) is 18.9 Å². The molecule has 3 aromatic rings. The van der Waals surface area contributed by atoms with E-state index in [4.69, 9.17) is 20.2 Å². The summed E-state index contributed by atoms with van der Waals surface area (Å²) in [4.78, 5) is 11.1. The molecule has 0 saturated carbocycles. The average Bonchev–Trinajstić information content (AvgIpc) is 3.48. The number of rotatable bonds is 9. The zero-order valence-corrected chi connectivity index (χ0v) is 17.0. The number of aromatic nitrogens is 4. The van der Waals surface area contributed by atoms with Crippen LogP contribution < -0.4 is 10.6 Å². The third-order valence-electron chi connectivity index (χ3n) is 4.75. The Morgan fingerprint density at radius 2 is 2.17 bits per heavy atom. The van der Waals surface area contributed by atoms with Crippen molar-refractivity contribution in [3.8, 4) is 5.95 Å². The number of nitrogens with zero attached hydrogens (tertiary/aromatic N) is 5. The van der Waals surface area contributed by atoms with Gasteiger partial charge in [-0.05, 0) is 18.9 Å². The van der Waals surface area contributed by atoms with E-state index in [0.29, 0.717) is 12.4 Å². The lowest BCUT2D eigenvalue weighted by atomic mass is 10.0. The maximum atomic E-state index is 6.40. The minimum absolute atomic E-state index is 0.0442. The van der Waals surface area contributed by atoms with Gasteiger partial charge in [0.25, 0.3) is 0 Å². The van der Waals surface area contributed by atoms with Crippen molar-refractivity contribution in [2.45, 2.75) is 38.4 Å². The molecule has 29 heavy (non-hydrogen) atoms. The number of anilines is 1. The lowest BCUT2D eigenvalue weighted by Crippen LogP contribution is -2.38. The zero-order valence-electron chi connectivity index (χ0n) is 16.2. The van der Waals surface area contributed by atoms with E-state index in [1.807, 2.05) is 24.4 Å². The van der Waals surface area contributed by atoms with Gasteiger partial charge in [0, 0.05) is 49.0 Å². The lowest BCUT2D eigenvalue weighted by molar-refractivity contribution is 0.0768. The fourth-order valence-corrected chi connectivity index (χ4v) is 4.05. The number of imidazole rings is 1. The van der Waals surface area contributed by atoms with Crippen LogP contribution in [0.4, 0.5) is 5.13 Å². The topological polar surface area (TPSA) is 91.3 Å². The number of hydrogen-bond donors (Lipinski definition) is 1. The Morgan fingerprint density at radius 1 is 1.31 bits per heavy atom. The van der Waals surface area contributed by atoms with Gasteiger partial charge in [-0.15, -0.1) is 0 Å². The van der Waals surface area contributed by atoms with Crippen LogP contribution in [0, 0.1) is 0 Å². The highest BCUT2D eigenvalue weighted by atomic mass is 32.1. The van der Waals surface area contributed by atoms with E-state index in [9.17, 15) is 0 Å². The molecule has 0 radical (unpaired) electrons. The molecule has 0 bridgehead atoms. The van der Waals surface area contributed by atoms with Crippen molar-refractivity contribution >= 4 is 16.7 Å². The van der Waals surface area contributed by atoms with Gasteiger partial charge in [-0.3, -0.25) is 4.57 Å². The fraction of sp³-hybridized carbons (Fsp3) is 0.350. The first-order valence-electron chi connectivity index (χ1n) is 9.50.